The number of amides is 1. The van der Waals surface area contributed by atoms with Crippen LogP contribution in [-0.2, 0) is 9.59 Å². The largest absolute Gasteiger partial charge is 1.00 e. The Kier molecular flexibility index (Phi) is 18.1. The molecule has 0 aromatic rings. The number of hydrogen-bond donors (Lipinski definition) is 4. The van der Waals surface area contributed by atoms with Gasteiger partial charge in [0.1, 0.15) is 6.04 Å². The summed E-state index contributed by atoms with van der Waals surface area (Å²) in [4.78, 5) is 26.7. The molecule has 0 fully saturated rings. The van der Waals surface area contributed by atoms with Gasteiger partial charge in [0.25, 0.3) is 0 Å². The molecule has 0 rings (SSSR count). The van der Waals surface area contributed by atoms with Gasteiger partial charge in [0.15, 0.2) is 5.96 Å². The molecule has 136 valence electrons. The number of nitrogens with zero attached hydrogens (tertiary/aromatic N) is 1. The first-order valence-electron chi connectivity index (χ1n) is 8.55. The van der Waals surface area contributed by atoms with E-state index in [2.05, 4.69) is 17.2 Å². The van der Waals surface area contributed by atoms with Crippen LogP contribution < -0.4 is 46.3 Å². The molecule has 1 amide bonds. The molecule has 0 aromatic heterocycles. The van der Waals surface area contributed by atoms with Crippen molar-refractivity contribution >= 4 is 17.8 Å². The predicted octanol–water partition coefficient (Wildman–Crippen LogP) is -1.13. The number of guanidine groups is 1. The minimum atomic E-state index is -1.03. The fourth-order valence-electron chi connectivity index (χ4n) is 2.27. The molecular formula is C16H33N4NaO3. The van der Waals surface area contributed by atoms with Crippen molar-refractivity contribution in [2.75, 3.05) is 6.54 Å². The summed E-state index contributed by atoms with van der Waals surface area (Å²) in [6.45, 7) is 2.54. The fourth-order valence-corrected chi connectivity index (χ4v) is 2.27. The van der Waals surface area contributed by atoms with Crippen LogP contribution in [0, 0.1) is 0 Å². The van der Waals surface area contributed by atoms with Crippen LogP contribution >= 0.6 is 0 Å². The molecule has 0 unspecified atom stereocenters. The maximum absolute atomic E-state index is 11.8. The number of carboxylic acid groups (broad SMARTS) is 1. The molecule has 6 N–H and O–H groups in total. The third-order valence-corrected chi connectivity index (χ3v) is 3.59. The van der Waals surface area contributed by atoms with Crippen molar-refractivity contribution in [2.45, 2.75) is 77.2 Å². The van der Waals surface area contributed by atoms with Gasteiger partial charge >= 0.3 is 35.5 Å². The van der Waals surface area contributed by atoms with Crippen LogP contribution in [0.25, 0.3) is 0 Å². The molecular weight excluding hydrogens is 319 g/mol. The van der Waals surface area contributed by atoms with E-state index in [0.717, 1.165) is 19.3 Å². The summed E-state index contributed by atoms with van der Waals surface area (Å²) in [6, 6.07) is -0.874. The van der Waals surface area contributed by atoms with Gasteiger partial charge in [0, 0.05) is 13.0 Å². The van der Waals surface area contributed by atoms with Crippen molar-refractivity contribution in [2.24, 2.45) is 16.5 Å². The van der Waals surface area contributed by atoms with Crippen LogP contribution in [0.5, 0.6) is 0 Å². The Bertz CT molecular complexity index is 380. The third kappa shape index (κ3) is 16.1. The Labute approximate surface area is 168 Å². The molecule has 0 radical (unpaired) electrons. The van der Waals surface area contributed by atoms with Gasteiger partial charge in [-0.2, -0.15) is 0 Å². The van der Waals surface area contributed by atoms with E-state index < -0.39 is 12.0 Å². The SMILES string of the molecule is CCCCCCCCCC(=O)N[C@@H](CCCN=C(N)N)C(=O)O.[H-].[Na+]. The molecule has 0 bridgehead atoms. The number of nitrogens with one attached hydrogen (secondary N) is 1. The number of carboxylic acids is 1. The van der Waals surface area contributed by atoms with Crippen molar-refractivity contribution in [1.29, 1.82) is 0 Å². The molecule has 0 aliphatic heterocycles. The fraction of sp³-hybridized carbons (Fsp3) is 0.812. The number of rotatable bonds is 14. The van der Waals surface area contributed by atoms with E-state index in [1.807, 2.05) is 0 Å². The molecule has 0 aromatic carbocycles. The van der Waals surface area contributed by atoms with Crippen LogP contribution in [0.15, 0.2) is 4.99 Å². The summed E-state index contributed by atoms with van der Waals surface area (Å²) in [7, 11) is 0. The van der Waals surface area contributed by atoms with E-state index in [4.69, 9.17) is 16.6 Å². The Hall–Kier alpha value is -0.790. The topological polar surface area (TPSA) is 131 Å². The van der Waals surface area contributed by atoms with E-state index >= 15 is 0 Å². The van der Waals surface area contributed by atoms with Gasteiger partial charge in [-0.25, -0.2) is 4.79 Å². The number of carbonyl (C=O) groups is 2. The minimum absolute atomic E-state index is 0. The normalized spacial score (nSPS) is 11.2. The van der Waals surface area contributed by atoms with Crippen molar-refractivity contribution in [3.05, 3.63) is 0 Å². The Morgan fingerprint density at radius 2 is 1.67 bits per heavy atom. The second-order valence-electron chi connectivity index (χ2n) is 5.78. The summed E-state index contributed by atoms with van der Waals surface area (Å²) in [5, 5.41) is 11.7. The second-order valence-corrected chi connectivity index (χ2v) is 5.78. The van der Waals surface area contributed by atoms with Gasteiger partial charge in [-0.05, 0) is 19.3 Å². The minimum Gasteiger partial charge on any atom is -1.00 e. The summed E-state index contributed by atoms with van der Waals surface area (Å²) in [5.74, 6) is -1.24. The number of hydrogen-bond acceptors (Lipinski definition) is 3. The number of unbranched alkanes of at least 4 members (excludes halogenated alkanes) is 6. The quantitative estimate of drug-likeness (QED) is 0.136. The standard InChI is InChI=1S/C16H32N4O3.Na.H/c1-2-3-4-5-6-7-8-11-14(21)20-13(15(22)23)10-9-12-19-16(17)18;;/h13H,2-12H2,1H3,(H,20,21)(H,22,23)(H4,17,18,19);;/q;+1;-1/t13-;;/m0../s1. The number of aliphatic carboxylic acids is 1. The molecule has 0 heterocycles. The first-order chi connectivity index (χ1) is 11.0. The van der Waals surface area contributed by atoms with Gasteiger partial charge in [-0.3, -0.25) is 9.79 Å². The van der Waals surface area contributed by atoms with Crippen LogP contribution in [0.4, 0.5) is 0 Å². The van der Waals surface area contributed by atoms with E-state index in [1.54, 1.807) is 0 Å². The van der Waals surface area contributed by atoms with E-state index in [9.17, 15) is 9.59 Å². The third-order valence-electron chi connectivity index (χ3n) is 3.59. The average Bonchev–Trinajstić information content (AvgIpc) is 2.49. The maximum atomic E-state index is 11.8. The smallest absolute Gasteiger partial charge is 1.00 e. The van der Waals surface area contributed by atoms with Crippen LogP contribution in [0.3, 0.4) is 0 Å². The molecule has 0 aliphatic carbocycles. The summed E-state index contributed by atoms with van der Waals surface area (Å²) in [6.07, 6.45) is 9.10. The summed E-state index contributed by atoms with van der Waals surface area (Å²) in [5.41, 5.74) is 10.4. The molecule has 0 saturated carbocycles. The van der Waals surface area contributed by atoms with Crippen molar-refractivity contribution < 1.29 is 45.7 Å². The second kappa shape index (κ2) is 17.0. The van der Waals surface area contributed by atoms with Gasteiger partial charge in [-0.1, -0.05) is 45.4 Å². The van der Waals surface area contributed by atoms with Gasteiger partial charge in [-0.15, -0.1) is 0 Å². The summed E-state index contributed by atoms with van der Waals surface area (Å²) < 4.78 is 0. The Balaban J connectivity index is -0.00000242. The molecule has 24 heavy (non-hydrogen) atoms. The Morgan fingerprint density at radius 3 is 2.21 bits per heavy atom. The number of carbonyl (C=O) groups excluding carboxylic acids is 1. The zero-order valence-electron chi connectivity index (χ0n) is 16.2. The Morgan fingerprint density at radius 1 is 1.08 bits per heavy atom. The molecule has 1 atom stereocenters. The molecule has 0 aliphatic rings. The van der Waals surface area contributed by atoms with Crippen LogP contribution in [0.2, 0.25) is 0 Å². The van der Waals surface area contributed by atoms with Crippen molar-refractivity contribution in [3.8, 4) is 0 Å². The molecule has 8 heteroatoms. The number of aliphatic imine (C=N–C) groups is 1. The maximum Gasteiger partial charge on any atom is 1.00 e. The van der Waals surface area contributed by atoms with E-state index in [1.165, 1.54) is 25.7 Å². The van der Waals surface area contributed by atoms with Crippen LogP contribution in [0.1, 0.15) is 72.6 Å². The summed E-state index contributed by atoms with van der Waals surface area (Å²) >= 11 is 0. The first-order valence-corrected chi connectivity index (χ1v) is 8.55. The average molecular weight is 352 g/mol. The zero-order chi connectivity index (χ0) is 17.5. The number of nitrogens with two attached hydrogens (primary N) is 2. The van der Waals surface area contributed by atoms with Gasteiger partial charge in [0.05, 0.1) is 0 Å². The molecule has 0 spiro atoms. The molecule has 7 nitrogen and oxygen atoms in total. The molecule has 0 saturated heterocycles. The van der Waals surface area contributed by atoms with Crippen molar-refractivity contribution in [3.63, 3.8) is 0 Å². The first kappa shape index (κ1) is 25.5. The monoisotopic (exact) mass is 352 g/mol. The zero-order valence-corrected chi connectivity index (χ0v) is 17.2. The van der Waals surface area contributed by atoms with E-state index in [0.29, 0.717) is 25.8 Å². The van der Waals surface area contributed by atoms with Gasteiger partial charge < -0.3 is 23.3 Å². The predicted molar refractivity (Wildman–Crippen MR) is 93.2 cm³/mol. The van der Waals surface area contributed by atoms with Gasteiger partial charge in [0.2, 0.25) is 5.91 Å². The van der Waals surface area contributed by atoms with E-state index in [-0.39, 0.29) is 42.9 Å². The van der Waals surface area contributed by atoms with Crippen molar-refractivity contribution in [1.82, 2.24) is 5.32 Å². The van der Waals surface area contributed by atoms with Crippen LogP contribution in [-0.4, -0.2) is 35.5 Å².